The van der Waals surface area contributed by atoms with Gasteiger partial charge in [-0.15, -0.1) is 4.98 Å². The van der Waals surface area contributed by atoms with Gasteiger partial charge in [0.1, 0.15) is 0 Å². The highest BCUT2D eigenvalue weighted by Crippen LogP contribution is 2.17. The van der Waals surface area contributed by atoms with E-state index in [2.05, 4.69) is 25.0 Å². The first-order valence-electron chi connectivity index (χ1n) is 6.24. The average molecular weight is 314 g/mol. The molecule has 0 amide bonds. The lowest BCUT2D eigenvalue weighted by atomic mass is 10.3. The third-order valence-electron chi connectivity index (χ3n) is 2.41. The smallest absolute Gasteiger partial charge is 0.422 e. The van der Waals surface area contributed by atoms with Gasteiger partial charge in [0, 0.05) is 5.69 Å². The van der Waals surface area contributed by atoms with Crippen molar-refractivity contribution >= 4 is 5.69 Å². The fourth-order valence-corrected chi connectivity index (χ4v) is 1.50. The number of anilines is 1. The lowest BCUT2D eigenvalue weighted by Gasteiger charge is -2.10. The number of aromatic nitrogens is 3. The zero-order chi connectivity index (χ0) is 16.0. The van der Waals surface area contributed by atoms with E-state index in [4.69, 9.17) is 4.74 Å². The quantitative estimate of drug-likeness (QED) is 0.883. The summed E-state index contributed by atoms with van der Waals surface area (Å²) in [5.74, 6) is 0.202. The molecule has 1 N–H and O–H groups in total. The van der Waals surface area contributed by atoms with Gasteiger partial charge >= 0.3 is 18.2 Å². The maximum Gasteiger partial charge on any atom is 0.422 e. The van der Waals surface area contributed by atoms with Crippen LogP contribution in [0.1, 0.15) is 5.82 Å². The van der Waals surface area contributed by atoms with Gasteiger partial charge in [-0.3, -0.25) is 0 Å². The van der Waals surface area contributed by atoms with Crippen LogP contribution < -0.4 is 14.8 Å². The van der Waals surface area contributed by atoms with Gasteiger partial charge in [0.15, 0.2) is 12.4 Å². The molecule has 0 fully saturated rings. The molecule has 0 bridgehead atoms. The molecule has 2 rings (SSSR count). The van der Waals surface area contributed by atoms with Crippen molar-refractivity contribution in [2.45, 2.75) is 12.7 Å². The normalized spacial score (nSPS) is 11.1. The van der Waals surface area contributed by atoms with Crippen molar-refractivity contribution in [3.05, 3.63) is 36.2 Å². The maximum atomic E-state index is 12.2. The van der Waals surface area contributed by atoms with E-state index in [1.54, 1.807) is 0 Å². The first kappa shape index (κ1) is 15.8. The van der Waals surface area contributed by atoms with Crippen molar-refractivity contribution < 1.29 is 22.6 Å². The van der Waals surface area contributed by atoms with Crippen LogP contribution in [0.3, 0.4) is 0 Å². The Kier molecular flexibility index (Phi) is 4.97. The molecular weight excluding hydrogens is 301 g/mol. The summed E-state index contributed by atoms with van der Waals surface area (Å²) < 4.78 is 45.8. The van der Waals surface area contributed by atoms with Crippen molar-refractivity contribution in [3.63, 3.8) is 0 Å². The topological polar surface area (TPSA) is 69.2 Å². The van der Waals surface area contributed by atoms with E-state index < -0.39 is 18.8 Å². The third-order valence-corrected chi connectivity index (χ3v) is 2.41. The minimum absolute atomic E-state index is 0.114. The van der Waals surface area contributed by atoms with Crippen LogP contribution in [0.5, 0.6) is 12.0 Å². The third kappa shape index (κ3) is 5.08. The lowest BCUT2D eigenvalue weighted by Crippen LogP contribution is -2.21. The monoisotopic (exact) mass is 314 g/mol. The minimum Gasteiger partial charge on any atom is -0.467 e. The number of rotatable bonds is 6. The van der Waals surface area contributed by atoms with E-state index >= 15 is 0 Å². The van der Waals surface area contributed by atoms with E-state index in [-0.39, 0.29) is 18.4 Å². The van der Waals surface area contributed by atoms with Crippen molar-refractivity contribution in [1.82, 2.24) is 15.0 Å². The van der Waals surface area contributed by atoms with Crippen LogP contribution >= 0.6 is 0 Å². The number of para-hydroxylation sites is 1. The highest BCUT2D eigenvalue weighted by atomic mass is 19.4. The molecule has 1 heterocycles. The van der Waals surface area contributed by atoms with Gasteiger partial charge in [-0.25, -0.2) is 0 Å². The SMILES string of the molecule is COc1nc(CNc2ccccc2)nc(OCC(F)(F)F)n1. The van der Waals surface area contributed by atoms with Crippen molar-refractivity contribution in [3.8, 4) is 12.0 Å². The molecule has 6 nitrogen and oxygen atoms in total. The van der Waals surface area contributed by atoms with Crippen molar-refractivity contribution in [1.29, 1.82) is 0 Å². The number of hydrogen-bond donors (Lipinski definition) is 1. The predicted molar refractivity (Wildman–Crippen MR) is 71.7 cm³/mol. The van der Waals surface area contributed by atoms with E-state index in [0.717, 1.165) is 5.69 Å². The molecular formula is C13H13F3N4O2. The highest BCUT2D eigenvalue weighted by Gasteiger charge is 2.29. The minimum atomic E-state index is -4.47. The fraction of sp³-hybridized carbons (Fsp3) is 0.308. The first-order valence-corrected chi connectivity index (χ1v) is 6.24. The molecule has 22 heavy (non-hydrogen) atoms. The van der Waals surface area contributed by atoms with Crippen LogP contribution in [-0.2, 0) is 6.54 Å². The Morgan fingerprint density at radius 2 is 1.73 bits per heavy atom. The van der Waals surface area contributed by atoms with Crippen LogP contribution in [0.15, 0.2) is 30.3 Å². The summed E-state index contributed by atoms with van der Waals surface area (Å²) in [7, 11) is 1.30. The molecule has 0 saturated carbocycles. The predicted octanol–water partition coefficient (Wildman–Crippen LogP) is 2.43. The number of methoxy groups -OCH3 is 1. The first-order chi connectivity index (χ1) is 10.5. The molecule has 2 aromatic rings. The molecule has 0 radical (unpaired) electrons. The van der Waals surface area contributed by atoms with Crippen LogP contribution in [-0.4, -0.2) is 34.8 Å². The Morgan fingerprint density at radius 3 is 2.36 bits per heavy atom. The largest absolute Gasteiger partial charge is 0.467 e. The van der Waals surface area contributed by atoms with Gasteiger partial charge in [0.05, 0.1) is 13.7 Å². The summed E-state index contributed by atoms with van der Waals surface area (Å²) in [6.07, 6.45) is -4.47. The molecule has 0 aliphatic rings. The Bertz CT molecular complexity index is 608. The Balaban J connectivity index is 2.06. The van der Waals surface area contributed by atoms with E-state index in [1.165, 1.54) is 7.11 Å². The zero-order valence-corrected chi connectivity index (χ0v) is 11.6. The number of nitrogens with zero attached hydrogens (tertiary/aromatic N) is 3. The number of ether oxygens (including phenoxy) is 2. The second kappa shape index (κ2) is 6.92. The fourth-order valence-electron chi connectivity index (χ4n) is 1.50. The van der Waals surface area contributed by atoms with Gasteiger partial charge in [-0.1, -0.05) is 18.2 Å². The standard InChI is InChI=1S/C13H13F3N4O2/c1-21-11-18-10(7-17-9-5-3-2-4-6-9)19-12(20-11)22-8-13(14,15)16/h2-6,17H,7-8H2,1H3. The number of hydrogen-bond acceptors (Lipinski definition) is 6. The number of alkyl halides is 3. The van der Waals surface area contributed by atoms with E-state index in [9.17, 15) is 13.2 Å². The number of benzene rings is 1. The summed E-state index contributed by atoms with van der Waals surface area (Å²) in [4.78, 5) is 11.4. The molecule has 0 spiro atoms. The van der Waals surface area contributed by atoms with Gasteiger partial charge < -0.3 is 14.8 Å². The summed E-state index contributed by atoms with van der Waals surface area (Å²) in [5, 5.41) is 3.03. The molecule has 118 valence electrons. The van der Waals surface area contributed by atoms with Crippen LogP contribution in [0.2, 0.25) is 0 Å². The maximum absolute atomic E-state index is 12.2. The van der Waals surface area contributed by atoms with Crippen LogP contribution in [0.25, 0.3) is 0 Å². The summed E-state index contributed by atoms with van der Waals surface area (Å²) >= 11 is 0. The summed E-state index contributed by atoms with van der Waals surface area (Å²) in [6.45, 7) is -1.29. The Morgan fingerprint density at radius 1 is 1.05 bits per heavy atom. The summed E-state index contributed by atoms with van der Waals surface area (Å²) in [5.41, 5.74) is 0.819. The van der Waals surface area contributed by atoms with Crippen LogP contribution in [0.4, 0.5) is 18.9 Å². The molecule has 0 atom stereocenters. The van der Waals surface area contributed by atoms with E-state index in [1.807, 2.05) is 30.3 Å². The van der Waals surface area contributed by atoms with Gasteiger partial charge in [0.2, 0.25) is 0 Å². The van der Waals surface area contributed by atoms with Crippen molar-refractivity contribution in [2.75, 3.05) is 19.0 Å². The number of halogens is 3. The number of nitrogens with one attached hydrogen (secondary N) is 1. The highest BCUT2D eigenvalue weighted by molar-refractivity contribution is 5.42. The van der Waals surface area contributed by atoms with Crippen molar-refractivity contribution in [2.24, 2.45) is 0 Å². The molecule has 0 unspecified atom stereocenters. The second-order valence-corrected chi connectivity index (χ2v) is 4.14. The molecule has 1 aromatic carbocycles. The van der Waals surface area contributed by atoms with E-state index in [0.29, 0.717) is 0 Å². The van der Waals surface area contributed by atoms with Gasteiger partial charge in [-0.2, -0.15) is 23.1 Å². The summed E-state index contributed by atoms with van der Waals surface area (Å²) in [6, 6.07) is 8.66. The molecule has 0 aliphatic carbocycles. The Labute approximate surface area is 124 Å². The lowest BCUT2D eigenvalue weighted by molar-refractivity contribution is -0.154. The molecule has 0 aliphatic heterocycles. The zero-order valence-electron chi connectivity index (χ0n) is 11.6. The van der Waals surface area contributed by atoms with Gasteiger partial charge in [0.25, 0.3) is 0 Å². The molecule has 0 saturated heterocycles. The van der Waals surface area contributed by atoms with Gasteiger partial charge in [-0.05, 0) is 12.1 Å². The molecule has 1 aromatic heterocycles. The Hall–Kier alpha value is -2.58. The van der Waals surface area contributed by atoms with Crippen LogP contribution in [0, 0.1) is 0 Å². The second-order valence-electron chi connectivity index (χ2n) is 4.14. The molecule has 9 heteroatoms. The average Bonchev–Trinajstić information content (AvgIpc) is 2.51.